The van der Waals surface area contributed by atoms with E-state index in [-0.39, 0.29) is 18.2 Å². The number of hydrogen-bond acceptors (Lipinski definition) is 4. The number of methoxy groups -OCH3 is 1. The molecule has 0 aliphatic carbocycles. The van der Waals surface area contributed by atoms with Crippen molar-refractivity contribution in [3.8, 4) is 0 Å². The van der Waals surface area contributed by atoms with E-state index in [2.05, 4.69) is 16.0 Å². The fourth-order valence-electron chi connectivity index (χ4n) is 1.86. The van der Waals surface area contributed by atoms with E-state index in [9.17, 15) is 9.59 Å². The third-order valence-electron chi connectivity index (χ3n) is 3.02. The third-order valence-corrected chi connectivity index (χ3v) is 3.02. The highest BCUT2D eigenvalue weighted by Crippen LogP contribution is 2.15. The standard InChI is InChI=1S/C15H23N3O3/c1-11-10-12(4-5-13(11)16-2)15(20)18-7-6-14(19)17-8-9-21-3/h4-5,10,16H,6-9H2,1-3H3,(H,17,19)(H,18,20). The second-order valence-electron chi connectivity index (χ2n) is 4.63. The summed E-state index contributed by atoms with van der Waals surface area (Å²) in [5.74, 6) is -0.278. The Kier molecular flexibility index (Phi) is 7.25. The fourth-order valence-corrected chi connectivity index (χ4v) is 1.86. The maximum atomic E-state index is 12.0. The maximum absolute atomic E-state index is 12.0. The van der Waals surface area contributed by atoms with E-state index >= 15 is 0 Å². The van der Waals surface area contributed by atoms with Gasteiger partial charge < -0.3 is 20.7 Å². The van der Waals surface area contributed by atoms with Gasteiger partial charge in [-0.2, -0.15) is 0 Å². The summed E-state index contributed by atoms with van der Waals surface area (Å²) in [6, 6.07) is 5.44. The molecular formula is C15H23N3O3. The van der Waals surface area contributed by atoms with Crippen molar-refractivity contribution in [3.63, 3.8) is 0 Å². The summed E-state index contributed by atoms with van der Waals surface area (Å²) in [5, 5.41) is 8.48. The average Bonchev–Trinajstić information content (AvgIpc) is 2.47. The molecule has 0 aromatic heterocycles. The van der Waals surface area contributed by atoms with Gasteiger partial charge in [-0.1, -0.05) is 0 Å². The molecule has 116 valence electrons. The van der Waals surface area contributed by atoms with Crippen LogP contribution < -0.4 is 16.0 Å². The summed E-state index contributed by atoms with van der Waals surface area (Å²) >= 11 is 0. The molecule has 0 bridgehead atoms. The summed E-state index contributed by atoms with van der Waals surface area (Å²) in [4.78, 5) is 23.4. The van der Waals surface area contributed by atoms with Crippen LogP contribution in [0.25, 0.3) is 0 Å². The molecule has 6 heteroatoms. The zero-order valence-corrected chi connectivity index (χ0v) is 12.8. The molecule has 0 aliphatic rings. The Hall–Kier alpha value is -2.08. The molecule has 1 aromatic carbocycles. The molecule has 0 heterocycles. The lowest BCUT2D eigenvalue weighted by molar-refractivity contribution is -0.121. The van der Waals surface area contributed by atoms with E-state index in [1.807, 2.05) is 26.1 Å². The maximum Gasteiger partial charge on any atom is 0.251 e. The number of rotatable bonds is 8. The minimum atomic E-state index is -0.176. The average molecular weight is 293 g/mol. The zero-order valence-electron chi connectivity index (χ0n) is 12.8. The zero-order chi connectivity index (χ0) is 15.7. The second-order valence-corrected chi connectivity index (χ2v) is 4.63. The quantitative estimate of drug-likeness (QED) is 0.623. The lowest BCUT2D eigenvalue weighted by Crippen LogP contribution is -2.32. The van der Waals surface area contributed by atoms with Crippen LogP contribution in [0.1, 0.15) is 22.3 Å². The number of anilines is 1. The highest BCUT2D eigenvalue weighted by molar-refractivity contribution is 5.95. The van der Waals surface area contributed by atoms with Crippen molar-refractivity contribution in [2.45, 2.75) is 13.3 Å². The van der Waals surface area contributed by atoms with Crippen molar-refractivity contribution in [2.75, 3.05) is 39.2 Å². The molecule has 6 nitrogen and oxygen atoms in total. The van der Waals surface area contributed by atoms with E-state index in [1.165, 1.54) is 0 Å². The summed E-state index contributed by atoms with van der Waals surface area (Å²) in [6.07, 6.45) is 0.253. The summed E-state index contributed by atoms with van der Waals surface area (Å²) in [6.45, 7) is 3.21. The number of aryl methyl sites for hydroxylation is 1. The molecule has 3 N–H and O–H groups in total. The van der Waals surface area contributed by atoms with Gasteiger partial charge in [0.05, 0.1) is 6.61 Å². The molecule has 0 radical (unpaired) electrons. The number of hydrogen-bond donors (Lipinski definition) is 3. The molecule has 1 rings (SSSR count). The van der Waals surface area contributed by atoms with Gasteiger partial charge in [0.1, 0.15) is 0 Å². The van der Waals surface area contributed by atoms with Crippen LogP contribution in [0.4, 0.5) is 5.69 Å². The van der Waals surface area contributed by atoms with E-state index in [0.717, 1.165) is 11.3 Å². The first kappa shape index (κ1) is 17.0. The molecule has 21 heavy (non-hydrogen) atoms. The number of amides is 2. The van der Waals surface area contributed by atoms with Gasteiger partial charge in [-0.25, -0.2) is 0 Å². The Morgan fingerprint density at radius 1 is 1.19 bits per heavy atom. The first-order valence-corrected chi connectivity index (χ1v) is 6.90. The Balaban J connectivity index is 2.37. The molecule has 0 saturated carbocycles. The lowest BCUT2D eigenvalue weighted by Gasteiger charge is -2.09. The predicted molar refractivity (Wildman–Crippen MR) is 82.6 cm³/mol. The highest BCUT2D eigenvalue weighted by atomic mass is 16.5. The Bertz CT molecular complexity index is 489. The summed E-state index contributed by atoms with van der Waals surface area (Å²) in [7, 11) is 3.41. The monoisotopic (exact) mass is 293 g/mol. The van der Waals surface area contributed by atoms with Crippen molar-refractivity contribution < 1.29 is 14.3 Å². The minimum Gasteiger partial charge on any atom is -0.388 e. The van der Waals surface area contributed by atoms with Gasteiger partial charge in [0.25, 0.3) is 5.91 Å². The number of ether oxygens (including phenoxy) is 1. The topological polar surface area (TPSA) is 79.5 Å². The summed E-state index contributed by atoms with van der Waals surface area (Å²) in [5.41, 5.74) is 2.58. The van der Waals surface area contributed by atoms with E-state index in [0.29, 0.717) is 25.3 Å². The number of carbonyl (C=O) groups excluding carboxylic acids is 2. The highest BCUT2D eigenvalue weighted by Gasteiger charge is 2.08. The number of nitrogens with one attached hydrogen (secondary N) is 3. The molecule has 0 saturated heterocycles. The van der Waals surface area contributed by atoms with Crippen molar-refractivity contribution in [1.29, 1.82) is 0 Å². The molecule has 0 spiro atoms. The third kappa shape index (κ3) is 5.83. The van der Waals surface area contributed by atoms with Gasteiger partial charge in [-0.15, -0.1) is 0 Å². The van der Waals surface area contributed by atoms with Crippen LogP contribution in [-0.4, -0.2) is 45.7 Å². The van der Waals surface area contributed by atoms with Crippen LogP contribution >= 0.6 is 0 Å². The van der Waals surface area contributed by atoms with Gasteiger partial charge in [-0.05, 0) is 30.7 Å². The fraction of sp³-hybridized carbons (Fsp3) is 0.467. The van der Waals surface area contributed by atoms with E-state index in [4.69, 9.17) is 4.74 Å². The van der Waals surface area contributed by atoms with E-state index in [1.54, 1.807) is 13.2 Å². The minimum absolute atomic E-state index is 0.103. The molecule has 0 fully saturated rings. The predicted octanol–water partition coefficient (Wildman–Crippen LogP) is 0.919. The molecule has 0 unspecified atom stereocenters. The van der Waals surface area contributed by atoms with Crippen LogP contribution in [0, 0.1) is 6.92 Å². The van der Waals surface area contributed by atoms with Crippen molar-refractivity contribution in [1.82, 2.24) is 10.6 Å². The Morgan fingerprint density at radius 3 is 2.57 bits per heavy atom. The largest absolute Gasteiger partial charge is 0.388 e. The SMILES string of the molecule is CNc1ccc(C(=O)NCCC(=O)NCCOC)cc1C. The number of carbonyl (C=O) groups is 2. The number of benzene rings is 1. The molecule has 0 aliphatic heterocycles. The first-order valence-electron chi connectivity index (χ1n) is 6.90. The van der Waals surface area contributed by atoms with Crippen LogP contribution in [0.2, 0.25) is 0 Å². The molecule has 0 atom stereocenters. The van der Waals surface area contributed by atoms with Gasteiger partial charge in [-0.3, -0.25) is 9.59 Å². The van der Waals surface area contributed by atoms with Crippen molar-refractivity contribution >= 4 is 17.5 Å². The molecule has 1 aromatic rings. The lowest BCUT2D eigenvalue weighted by atomic mass is 10.1. The second kappa shape index (κ2) is 8.97. The van der Waals surface area contributed by atoms with Crippen LogP contribution in [0.5, 0.6) is 0 Å². The van der Waals surface area contributed by atoms with Crippen LogP contribution in [0.3, 0.4) is 0 Å². The van der Waals surface area contributed by atoms with Gasteiger partial charge in [0.2, 0.25) is 5.91 Å². The molecular weight excluding hydrogens is 270 g/mol. The molecule has 2 amide bonds. The van der Waals surface area contributed by atoms with Gasteiger partial charge in [0, 0.05) is 44.9 Å². The first-order chi connectivity index (χ1) is 10.1. The Morgan fingerprint density at radius 2 is 1.95 bits per heavy atom. The Labute approximate surface area is 125 Å². The van der Waals surface area contributed by atoms with Gasteiger partial charge in [0.15, 0.2) is 0 Å². The van der Waals surface area contributed by atoms with Crippen LogP contribution in [0.15, 0.2) is 18.2 Å². The van der Waals surface area contributed by atoms with Crippen molar-refractivity contribution in [2.24, 2.45) is 0 Å². The normalized spacial score (nSPS) is 10.0. The van der Waals surface area contributed by atoms with E-state index < -0.39 is 0 Å². The van der Waals surface area contributed by atoms with Gasteiger partial charge >= 0.3 is 0 Å². The smallest absolute Gasteiger partial charge is 0.251 e. The van der Waals surface area contributed by atoms with Crippen LogP contribution in [-0.2, 0) is 9.53 Å². The van der Waals surface area contributed by atoms with Crippen molar-refractivity contribution in [3.05, 3.63) is 29.3 Å². The summed E-state index contributed by atoms with van der Waals surface area (Å²) < 4.78 is 4.83.